The van der Waals surface area contributed by atoms with Crippen LogP contribution < -0.4 is 5.73 Å². The molecule has 0 aliphatic carbocycles. The number of hydrogen-bond donors (Lipinski definition) is 1. The van der Waals surface area contributed by atoms with Crippen LogP contribution >= 0.6 is 15.9 Å². The van der Waals surface area contributed by atoms with Crippen LogP contribution in [0.3, 0.4) is 0 Å². The van der Waals surface area contributed by atoms with Gasteiger partial charge >= 0.3 is 0 Å². The molecule has 2 N–H and O–H groups in total. The van der Waals surface area contributed by atoms with Gasteiger partial charge in [-0.25, -0.2) is 8.42 Å². The summed E-state index contributed by atoms with van der Waals surface area (Å²) in [6.07, 6.45) is 0.730. The van der Waals surface area contributed by atoms with Crippen molar-refractivity contribution in [3.8, 4) is 0 Å². The Morgan fingerprint density at radius 2 is 1.89 bits per heavy atom. The van der Waals surface area contributed by atoms with Crippen LogP contribution in [0.25, 0.3) is 0 Å². The minimum atomic E-state index is -3.55. The first-order valence-electron chi connectivity index (χ1n) is 6.08. The van der Waals surface area contributed by atoms with Crippen molar-refractivity contribution in [3.63, 3.8) is 0 Å². The Hall–Kier alpha value is -0.590. The molecule has 0 saturated carbocycles. The van der Waals surface area contributed by atoms with E-state index in [9.17, 15) is 8.42 Å². The Morgan fingerprint density at radius 1 is 1.37 bits per heavy atom. The van der Waals surface area contributed by atoms with Crippen molar-refractivity contribution in [3.05, 3.63) is 22.2 Å². The molecule has 0 atom stereocenters. The summed E-state index contributed by atoms with van der Waals surface area (Å²) in [6, 6.07) is 3.24. The van der Waals surface area contributed by atoms with E-state index >= 15 is 0 Å². The van der Waals surface area contributed by atoms with Gasteiger partial charge in [0.15, 0.2) is 0 Å². The first-order valence-corrected chi connectivity index (χ1v) is 8.32. The summed E-state index contributed by atoms with van der Waals surface area (Å²) in [7, 11) is -1.94. The number of aryl methyl sites for hydroxylation is 1. The molecule has 0 aromatic heterocycles. The monoisotopic (exact) mass is 348 g/mol. The molecule has 19 heavy (non-hydrogen) atoms. The summed E-state index contributed by atoms with van der Waals surface area (Å²) in [5.41, 5.74) is 6.46. The van der Waals surface area contributed by atoms with Gasteiger partial charge in [0.25, 0.3) is 0 Å². The molecule has 0 amide bonds. The fourth-order valence-electron chi connectivity index (χ4n) is 1.64. The van der Waals surface area contributed by atoms with Crippen LogP contribution in [0.2, 0.25) is 0 Å². The van der Waals surface area contributed by atoms with E-state index in [2.05, 4.69) is 15.9 Å². The molecule has 1 rings (SSSR count). The zero-order valence-electron chi connectivity index (χ0n) is 12.0. The maximum Gasteiger partial charge on any atom is 0.243 e. The summed E-state index contributed by atoms with van der Waals surface area (Å²) in [5.74, 6) is 0. The Balaban J connectivity index is 3.40. The van der Waals surface area contributed by atoms with Crippen molar-refractivity contribution in [2.45, 2.75) is 44.6 Å². The molecule has 0 aliphatic rings. The molecule has 0 aliphatic heterocycles. The number of nitrogen functional groups attached to an aromatic ring is 1. The molecule has 0 radical (unpaired) electrons. The number of hydrogen-bond acceptors (Lipinski definition) is 3. The molecule has 1 aromatic carbocycles. The molecule has 0 unspecified atom stereocenters. The molecule has 4 nitrogen and oxygen atoms in total. The molecule has 0 spiro atoms. The smallest absolute Gasteiger partial charge is 0.243 e. The van der Waals surface area contributed by atoms with Gasteiger partial charge in [0.1, 0.15) is 0 Å². The zero-order valence-corrected chi connectivity index (χ0v) is 14.4. The van der Waals surface area contributed by atoms with Gasteiger partial charge in [-0.1, -0.05) is 6.92 Å². The largest absolute Gasteiger partial charge is 0.398 e. The number of halogens is 1. The Morgan fingerprint density at radius 3 is 2.37 bits per heavy atom. The standard InChI is InChI=1S/C13H21BrN2O2S/c1-6-13(3,4)16(5)19(17,18)12-8-11(15)10(14)7-9(12)2/h7-8H,6,15H2,1-5H3. The third-order valence-corrected chi connectivity index (χ3v) is 6.55. The number of rotatable bonds is 4. The van der Waals surface area contributed by atoms with Gasteiger partial charge in [-0.05, 0) is 60.8 Å². The van der Waals surface area contributed by atoms with Crippen LogP contribution in [-0.4, -0.2) is 25.3 Å². The predicted octanol–water partition coefficient (Wildman–Crippen LogP) is 3.15. The Labute approximate surface area is 124 Å². The summed E-state index contributed by atoms with van der Waals surface area (Å²) in [5, 5.41) is 0. The normalized spacial score (nSPS) is 13.0. The van der Waals surface area contributed by atoms with Crippen LogP contribution in [0.15, 0.2) is 21.5 Å². The highest BCUT2D eigenvalue weighted by atomic mass is 79.9. The third kappa shape index (κ3) is 3.12. The maximum atomic E-state index is 12.7. The second kappa shape index (κ2) is 5.42. The number of sulfonamides is 1. The number of benzene rings is 1. The molecule has 6 heteroatoms. The average Bonchev–Trinajstić information content (AvgIpc) is 2.32. The van der Waals surface area contributed by atoms with Crippen LogP contribution in [0.1, 0.15) is 32.8 Å². The second-order valence-corrected chi connectivity index (χ2v) is 8.07. The SMILES string of the molecule is CCC(C)(C)N(C)S(=O)(=O)c1cc(N)c(Br)cc1C. The van der Waals surface area contributed by atoms with Crippen molar-refractivity contribution >= 4 is 31.6 Å². The highest BCUT2D eigenvalue weighted by Gasteiger charge is 2.33. The van der Waals surface area contributed by atoms with Gasteiger partial charge in [-0.2, -0.15) is 4.31 Å². The molecular weight excluding hydrogens is 328 g/mol. The Kier molecular flexibility index (Phi) is 4.70. The zero-order chi connectivity index (χ0) is 15.0. The molecular formula is C13H21BrN2O2S. The molecule has 108 valence electrons. The quantitative estimate of drug-likeness (QED) is 0.850. The molecule has 0 fully saturated rings. The van der Waals surface area contributed by atoms with Crippen molar-refractivity contribution in [1.82, 2.24) is 4.31 Å². The van der Waals surface area contributed by atoms with Gasteiger partial charge < -0.3 is 5.73 Å². The highest BCUT2D eigenvalue weighted by Crippen LogP contribution is 2.31. The average molecular weight is 349 g/mol. The van der Waals surface area contributed by atoms with E-state index in [1.165, 1.54) is 10.4 Å². The van der Waals surface area contributed by atoms with Crippen LogP contribution in [0.5, 0.6) is 0 Å². The lowest BCUT2D eigenvalue weighted by molar-refractivity contribution is 0.257. The number of nitrogens with zero attached hydrogens (tertiary/aromatic N) is 1. The lowest BCUT2D eigenvalue weighted by Crippen LogP contribution is -2.44. The Bertz CT molecular complexity index is 583. The summed E-state index contributed by atoms with van der Waals surface area (Å²) in [4.78, 5) is 0.261. The maximum absolute atomic E-state index is 12.7. The fraction of sp³-hybridized carbons (Fsp3) is 0.538. The summed E-state index contributed by atoms with van der Waals surface area (Å²) < 4.78 is 27.5. The first-order chi connectivity index (χ1) is 8.54. The summed E-state index contributed by atoms with van der Waals surface area (Å²) >= 11 is 3.30. The topological polar surface area (TPSA) is 63.4 Å². The van der Waals surface area contributed by atoms with Gasteiger partial charge in [0, 0.05) is 22.7 Å². The molecule has 0 saturated heterocycles. The molecule has 1 aromatic rings. The van der Waals surface area contributed by atoms with E-state index in [1.807, 2.05) is 20.8 Å². The van der Waals surface area contributed by atoms with Crippen molar-refractivity contribution in [2.75, 3.05) is 12.8 Å². The van der Waals surface area contributed by atoms with Gasteiger partial charge in [0.05, 0.1) is 4.90 Å². The first kappa shape index (κ1) is 16.5. The van der Waals surface area contributed by atoms with Crippen molar-refractivity contribution in [1.29, 1.82) is 0 Å². The van der Waals surface area contributed by atoms with E-state index in [-0.39, 0.29) is 4.90 Å². The van der Waals surface area contributed by atoms with Crippen molar-refractivity contribution < 1.29 is 8.42 Å². The second-order valence-electron chi connectivity index (χ2n) is 5.28. The van der Waals surface area contributed by atoms with Crippen LogP contribution in [0, 0.1) is 6.92 Å². The van der Waals surface area contributed by atoms with E-state index in [0.29, 0.717) is 15.7 Å². The summed E-state index contributed by atoms with van der Waals surface area (Å²) in [6.45, 7) is 7.54. The van der Waals surface area contributed by atoms with Crippen LogP contribution in [0.4, 0.5) is 5.69 Å². The highest BCUT2D eigenvalue weighted by molar-refractivity contribution is 9.10. The van der Waals surface area contributed by atoms with E-state index in [4.69, 9.17) is 5.73 Å². The van der Waals surface area contributed by atoms with Gasteiger partial charge in [-0.3, -0.25) is 0 Å². The fourth-order valence-corrected chi connectivity index (χ4v) is 3.92. The minimum absolute atomic E-state index is 0.261. The van der Waals surface area contributed by atoms with Gasteiger partial charge in [-0.15, -0.1) is 0 Å². The molecule has 0 heterocycles. The van der Waals surface area contributed by atoms with Gasteiger partial charge in [0.2, 0.25) is 10.0 Å². The third-order valence-electron chi connectivity index (χ3n) is 3.65. The van der Waals surface area contributed by atoms with E-state index < -0.39 is 15.6 Å². The lowest BCUT2D eigenvalue weighted by atomic mass is 10.0. The number of anilines is 1. The van der Waals surface area contributed by atoms with E-state index in [1.54, 1.807) is 20.0 Å². The van der Waals surface area contributed by atoms with Crippen LogP contribution in [-0.2, 0) is 10.0 Å². The number of nitrogens with two attached hydrogens (primary N) is 1. The van der Waals surface area contributed by atoms with E-state index in [0.717, 1.165) is 6.42 Å². The predicted molar refractivity (Wildman–Crippen MR) is 82.6 cm³/mol. The minimum Gasteiger partial charge on any atom is -0.398 e. The van der Waals surface area contributed by atoms with Crippen molar-refractivity contribution in [2.24, 2.45) is 0 Å². The lowest BCUT2D eigenvalue weighted by Gasteiger charge is -2.34. The molecule has 0 bridgehead atoms.